The van der Waals surface area contributed by atoms with Crippen LogP contribution in [0.2, 0.25) is 0 Å². The molecule has 2 aliphatic heterocycles. The lowest BCUT2D eigenvalue weighted by molar-refractivity contribution is -0.145. The molecule has 2 aliphatic carbocycles. The van der Waals surface area contributed by atoms with Gasteiger partial charge >= 0.3 is 17.0 Å². The maximum absolute atomic E-state index is 12.8. The molecule has 0 spiro atoms. The molecule has 4 aliphatic rings. The quantitative estimate of drug-likeness (QED) is 0.0747. The van der Waals surface area contributed by atoms with E-state index in [0.717, 1.165) is 104 Å². The van der Waals surface area contributed by atoms with E-state index in [1.54, 1.807) is 0 Å². The van der Waals surface area contributed by atoms with Crippen molar-refractivity contribution in [3.8, 4) is 0 Å². The molecule has 0 atom stereocenters. The molecular weight excluding hydrogens is 1170 g/mol. The zero-order valence-corrected chi connectivity index (χ0v) is 48.8. The molecular formula is C58H69ClF6N8O9S2. The van der Waals surface area contributed by atoms with E-state index in [1.807, 2.05) is 17.0 Å². The van der Waals surface area contributed by atoms with E-state index in [9.17, 15) is 52.8 Å². The third-order valence-electron chi connectivity index (χ3n) is 15.0. The summed E-state index contributed by atoms with van der Waals surface area (Å²) in [6.07, 6.45) is 5.63. The highest BCUT2D eigenvalue weighted by molar-refractivity contribution is 7.92. The number of aliphatic carboxylic acids is 1. The predicted octanol–water partition coefficient (Wildman–Crippen LogP) is 10.1. The van der Waals surface area contributed by atoms with E-state index in [4.69, 9.17) is 24.5 Å². The van der Waals surface area contributed by atoms with Gasteiger partial charge in [0.1, 0.15) is 24.8 Å². The van der Waals surface area contributed by atoms with Crippen molar-refractivity contribution in [3.63, 3.8) is 0 Å². The number of carboxylic acids is 1. The largest absolute Gasteiger partial charge is 0.501 e. The lowest BCUT2D eigenvalue weighted by Crippen LogP contribution is -2.50. The van der Waals surface area contributed by atoms with Gasteiger partial charge in [0.25, 0.3) is 19.7 Å². The maximum Gasteiger partial charge on any atom is 0.501 e. The maximum atomic E-state index is 12.8. The van der Waals surface area contributed by atoms with Crippen LogP contribution >= 0.6 is 12.4 Å². The van der Waals surface area contributed by atoms with Gasteiger partial charge in [0.2, 0.25) is 5.91 Å². The summed E-state index contributed by atoms with van der Waals surface area (Å²) in [5.74, 6) is 0.968. The number of carbonyl (C=O) groups is 2. The smallest absolute Gasteiger partial charge is 0.480 e. The average Bonchev–Trinajstić information content (AvgIpc) is 3.66. The molecule has 2 saturated heterocycles. The Morgan fingerprint density at radius 1 is 0.560 bits per heavy atom. The summed E-state index contributed by atoms with van der Waals surface area (Å²) in [6.45, 7) is 10.7. The van der Waals surface area contributed by atoms with Crippen LogP contribution in [0.4, 0.5) is 49.4 Å². The number of fused-ring (bicyclic) bond motifs is 2. The molecule has 84 heavy (non-hydrogen) atoms. The Morgan fingerprint density at radius 3 is 1.35 bits per heavy atom. The number of carbonyl (C=O) groups excluding carboxylic acids is 1. The molecule has 10 rings (SSSR count). The fourth-order valence-electron chi connectivity index (χ4n) is 10.3. The Hall–Kier alpha value is -6.51. The topological polar surface area (TPSA) is 213 Å². The molecule has 2 aromatic heterocycles. The second-order valence-electron chi connectivity index (χ2n) is 21.0. The lowest BCUT2D eigenvalue weighted by Gasteiger charge is -2.36. The van der Waals surface area contributed by atoms with Crippen molar-refractivity contribution >= 4 is 88.8 Å². The summed E-state index contributed by atoms with van der Waals surface area (Å²) in [4.78, 5) is 37.6. The van der Waals surface area contributed by atoms with Gasteiger partial charge in [0.05, 0.1) is 33.0 Å². The number of aryl methyl sites for hydroxylation is 2. The summed E-state index contributed by atoms with van der Waals surface area (Å²) in [5, 5.41) is 20.7. The van der Waals surface area contributed by atoms with Gasteiger partial charge in [-0.1, -0.05) is 23.3 Å². The van der Waals surface area contributed by atoms with Crippen LogP contribution in [-0.4, -0.2) is 150 Å². The molecule has 4 heterocycles. The SMILES string of the molecule is Cc1ccc2nc(N3CCN(C(=O)COC4CCC(Nc5ccc(S(=O)(=O)C(F)(F)F)cc5)CC4)CC3)ccc2c1.Cc1ccc2nc(N3CCNCC3)ccc2c1.Cl.O=C(O)COC1CCC(Nc2ccc(S(=O)(=O)C(F)(F)F)cc2)CC1. The Kier molecular flexibility index (Phi) is 22.1. The van der Waals surface area contributed by atoms with Crippen LogP contribution in [0.3, 0.4) is 0 Å². The molecule has 0 bridgehead atoms. The number of alkyl halides is 6. The van der Waals surface area contributed by atoms with E-state index in [1.165, 1.54) is 40.8 Å². The predicted molar refractivity (Wildman–Crippen MR) is 312 cm³/mol. The van der Waals surface area contributed by atoms with Gasteiger partial charge in [-0.25, -0.2) is 31.6 Å². The van der Waals surface area contributed by atoms with Crippen LogP contribution in [0.25, 0.3) is 21.8 Å². The fraction of sp³-hybridized carbons (Fsp3) is 0.448. The minimum absolute atomic E-state index is 0. The minimum atomic E-state index is -5.36. The van der Waals surface area contributed by atoms with Gasteiger partial charge in [-0.2, -0.15) is 26.3 Å². The summed E-state index contributed by atoms with van der Waals surface area (Å²) < 4.78 is 133. The zero-order valence-electron chi connectivity index (χ0n) is 46.4. The van der Waals surface area contributed by atoms with Crippen LogP contribution in [0, 0.1) is 13.8 Å². The molecule has 2 saturated carbocycles. The van der Waals surface area contributed by atoms with Gasteiger partial charge < -0.3 is 45.2 Å². The van der Waals surface area contributed by atoms with Gasteiger partial charge in [-0.3, -0.25) is 4.79 Å². The molecule has 0 radical (unpaired) electrons. The second kappa shape index (κ2) is 28.6. The number of benzene rings is 4. The van der Waals surface area contributed by atoms with Gasteiger partial charge in [-0.05, 0) is 162 Å². The highest BCUT2D eigenvalue weighted by Crippen LogP contribution is 2.34. The average molecular weight is 1240 g/mol. The summed E-state index contributed by atoms with van der Waals surface area (Å²) in [7, 11) is -10.7. The summed E-state index contributed by atoms with van der Waals surface area (Å²) >= 11 is 0. The number of amides is 1. The third kappa shape index (κ3) is 17.3. The number of carboxylic acid groups (broad SMARTS) is 1. The molecule has 0 unspecified atom stereocenters. The van der Waals surface area contributed by atoms with E-state index < -0.39 is 46.5 Å². The number of ether oxygens (including phenoxy) is 2. The van der Waals surface area contributed by atoms with E-state index in [-0.39, 0.29) is 55.8 Å². The Morgan fingerprint density at radius 2 is 0.952 bits per heavy atom. The van der Waals surface area contributed by atoms with Crippen LogP contribution in [0.5, 0.6) is 0 Å². The van der Waals surface area contributed by atoms with Crippen molar-refractivity contribution in [2.45, 2.75) is 110 Å². The Balaban J connectivity index is 0.000000199. The molecule has 17 nitrogen and oxygen atoms in total. The number of piperazine rings is 2. The minimum Gasteiger partial charge on any atom is -0.480 e. The number of rotatable bonds is 14. The van der Waals surface area contributed by atoms with Crippen molar-refractivity contribution in [1.29, 1.82) is 0 Å². The van der Waals surface area contributed by atoms with E-state index >= 15 is 0 Å². The molecule has 1 amide bonds. The molecule has 456 valence electrons. The number of sulfone groups is 2. The number of nitrogens with one attached hydrogen (secondary N) is 3. The molecule has 4 aromatic carbocycles. The standard InChI is InChI=1S/C29H33F3N4O4S.C15H18F3NO5S.C14H17N3.ClH/c1-20-2-12-26-21(18-20)3-13-27(34-26)35-14-16-36(17-15-35)28(37)19-40-24-8-4-22(5-9-24)33-23-6-10-25(11-7-23)41(38,39)29(30,31)32;16-15(17,18)25(22,23)13-7-3-11(4-8-13)19-10-1-5-12(6-2-10)24-9-14(20)21;1-11-2-4-13-12(10-11)3-5-14(16-13)17-8-6-15-7-9-17;/h2-3,6-7,10-13,18,22,24,33H,4-5,8-9,14-17,19H2,1H3;3-4,7-8,10,12,19H,1-2,5-6,9H2,(H,20,21);2-5,10,15H,6-9H2,1H3;1H. The number of pyridine rings is 2. The van der Waals surface area contributed by atoms with Crippen molar-refractivity contribution in [2.24, 2.45) is 0 Å². The van der Waals surface area contributed by atoms with Gasteiger partial charge in [0.15, 0.2) is 0 Å². The number of anilines is 4. The number of nitrogens with zero attached hydrogens (tertiary/aromatic N) is 5. The number of aromatic nitrogens is 2. The third-order valence-corrected chi connectivity index (χ3v) is 18.0. The molecule has 4 fully saturated rings. The first-order valence-electron chi connectivity index (χ1n) is 27.5. The normalized spacial score (nSPS) is 19.7. The highest BCUT2D eigenvalue weighted by atomic mass is 35.5. The van der Waals surface area contributed by atoms with Gasteiger partial charge in [0, 0.05) is 86.6 Å². The van der Waals surface area contributed by atoms with Crippen LogP contribution < -0.4 is 25.8 Å². The van der Waals surface area contributed by atoms with Crippen molar-refractivity contribution in [3.05, 3.63) is 120 Å². The van der Waals surface area contributed by atoms with Crippen molar-refractivity contribution < 1.29 is 67.3 Å². The van der Waals surface area contributed by atoms with Crippen molar-refractivity contribution in [2.75, 3.05) is 86.0 Å². The zero-order chi connectivity index (χ0) is 59.5. The second-order valence-corrected chi connectivity index (χ2v) is 24.9. The highest BCUT2D eigenvalue weighted by Gasteiger charge is 2.47. The Labute approximate surface area is 490 Å². The molecule has 4 N–H and O–H groups in total. The number of hydrogen-bond donors (Lipinski definition) is 4. The first-order chi connectivity index (χ1) is 39.4. The van der Waals surface area contributed by atoms with Crippen LogP contribution in [-0.2, 0) is 38.7 Å². The number of hydrogen-bond acceptors (Lipinski definition) is 15. The summed E-state index contributed by atoms with van der Waals surface area (Å²) in [5.41, 5.74) is -5.04. The van der Waals surface area contributed by atoms with Gasteiger partial charge in [-0.15, -0.1) is 12.4 Å². The number of halogens is 7. The van der Waals surface area contributed by atoms with E-state index in [0.29, 0.717) is 63.2 Å². The molecule has 26 heteroatoms. The lowest BCUT2D eigenvalue weighted by atomic mass is 9.93. The summed E-state index contributed by atoms with van der Waals surface area (Å²) in [6, 6.07) is 30.2. The fourth-order valence-corrected chi connectivity index (χ4v) is 11.8. The van der Waals surface area contributed by atoms with Crippen LogP contribution in [0.15, 0.2) is 119 Å². The molecule has 6 aromatic rings. The van der Waals surface area contributed by atoms with Crippen LogP contribution in [0.1, 0.15) is 62.5 Å². The first kappa shape index (κ1) is 65.0. The first-order valence-corrected chi connectivity index (χ1v) is 30.4. The van der Waals surface area contributed by atoms with Crippen molar-refractivity contribution in [1.82, 2.24) is 20.2 Å². The Bertz CT molecular complexity index is 3390. The van der Waals surface area contributed by atoms with E-state index in [2.05, 4.69) is 88.1 Å². The monoisotopic (exact) mass is 1230 g/mol.